The fourth-order valence-corrected chi connectivity index (χ4v) is 5.90. The number of halogens is 1. The molecule has 10 heteroatoms. The summed E-state index contributed by atoms with van der Waals surface area (Å²) in [5.41, 5.74) is 0.970. The molecule has 7 nitrogen and oxygen atoms in total. The van der Waals surface area contributed by atoms with Gasteiger partial charge in [0, 0.05) is 18.7 Å². The number of anilines is 1. The van der Waals surface area contributed by atoms with E-state index in [1.54, 1.807) is 0 Å². The van der Waals surface area contributed by atoms with Crippen LogP contribution in [-0.2, 0) is 10.0 Å². The number of nitrogens with zero attached hydrogens (tertiary/aromatic N) is 3. The van der Waals surface area contributed by atoms with Crippen LogP contribution in [0.1, 0.15) is 36.0 Å². The lowest BCUT2D eigenvalue weighted by Crippen LogP contribution is -2.32. The van der Waals surface area contributed by atoms with E-state index in [0.29, 0.717) is 23.2 Å². The summed E-state index contributed by atoms with van der Waals surface area (Å²) < 4.78 is 27.6. The summed E-state index contributed by atoms with van der Waals surface area (Å²) in [7, 11) is -3.69. The zero-order valence-corrected chi connectivity index (χ0v) is 19.0. The Kier molecular flexibility index (Phi) is 6.66. The number of aromatic nitrogens is 2. The molecule has 0 radical (unpaired) electrons. The first-order valence-electron chi connectivity index (χ1n) is 9.95. The molecule has 2 heterocycles. The van der Waals surface area contributed by atoms with Gasteiger partial charge in [-0.3, -0.25) is 10.1 Å². The zero-order chi connectivity index (χ0) is 21.8. The summed E-state index contributed by atoms with van der Waals surface area (Å²) in [6.07, 6.45) is 3.71. The molecule has 31 heavy (non-hydrogen) atoms. The standard InChI is InChI=1S/C21H21ClN4O3S2/c22-18-11-10-16(31(28,29)26-12-6-1-2-7-13-26)14-17(18)19(27)23-21-25-24-20(30-21)15-8-4-3-5-9-15/h3-5,8-11,14H,1-2,6-7,12-13H2,(H,23,25,27). The van der Waals surface area contributed by atoms with Gasteiger partial charge < -0.3 is 0 Å². The number of rotatable bonds is 5. The Morgan fingerprint density at radius 2 is 1.71 bits per heavy atom. The third-order valence-corrected chi connectivity index (χ3v) is 8.16. The maximum Gasteiger partial charge on any atom is 0.259 e. The number of carbonyl (C=O) groups is 1. The van der Waals surface area contributed by atoms with E-state index in [9.17, 15) is 13.2 Å². The van der Waals surface area contributed by atoms with Crippen molar-refractivity contribution in [2.45, 2.75) is 30.6 Å². The van der Waals surface area contributed by atoms with E-state index in [4.69, 9.17) is 11.6 Å². The summed E-state index contributed by atoms with van der Waals surface area (Å²) in [6.45, 7) is 0.971. The van der Waals surface area contributed by atoms with Gasteiger partial charge >= 0.3 is 0 Å². The first-order chi connectivity index (χ1) is 14.9. The highest BCUT2D eigenvalue weighted by Crippen LogP contribution is 2.28. The number of nitrogens with one attached hydrogen (secondary N) is 1. The number of benzene rings is 2. The lowest BCUT2D eigenvalue weighted by atomic mass is 10.2. The molecule has 4 rings (SSSR count). The molecule has 1 aliphatic heterocycles. The predicted molar refractivity (Wildman–Crippen MR) is 122 cm³/mol. The minimum absolute atomic E-state index is 0.0613. The molecular formula is C21H21ClN4O3S2. The Morgan fingerprint density at radius 1 is 1.00 bits per heavy atom. The topological polar surface area (TPSA) is 92.3 Å². The summed E-state index contributed by atoms with van der Waals surface area (Å²) in [6, 6.07) is 13.7. The van der Waals surface area contributed by atoms with Crippen LogP contribution in [0, 0.1) is 0 Å². The predicted octanol–water partition coefficient (Wildman–Crippen LogP) is 4.68. The Hall–Kier alpha value is -2.33. The van der Waals surface area contributed by atoms with E-state index >= 15 is 0 Å². The molecule has 2 aromatic carbocycles. The van der Waals surface area contributed by atoms with Crippen molar-refractivity contribution in [3.05, 3.63) is 59.1 Å². The van der Waals surface area contributed by atoms with Crippen LogP contribution in [0.5, 0.6) is 0 Å². The van der Waals surface area contributed by atoms with Crippen LogP contribution in [0.15, 0.2) is 53.4 Å². The highest BCUT2D eigenvalue weighted by Gasteiger charge is 2.27. The van der Waals surface area contributed by atoms with Crippen molar-refractivity contribution in [3.8, 4) is 10.6 Å². The van der Waals surface area contributed by atoms with Gasteiger partial charge in [-0.05, 0) is 31.0 Å². The van der Waals surface area contributed by atoms with Gasteiger partial charge in [-0.2, -0.15) is 4.31 Å². The molecule has 0 aliphatic carbocycles. The van der Waals surface area contributed by atoms with Crippen LogP contribution in [0.3, 0.4) is 0 Å². The summed E-state index contributed by atoms with van der Waals surface area (Å²) in [5, 5.41) is 11.9. The highest BCUT2D eigenvalue weighted by atomic mass is 35.5. The Morgan fingerprint density at radius 3 is 2.42 bits per heavy atom. The molecule has 1 saturated heterocycles. The quantitative estimate of drug-likeness (QED) is 0.577. The SMILES string of the molecule is O=C(Nc1nnc(-c2ccccc2)s1)c1cc(S(=O)(=O)N2CCCCCC2)ccc1Cl. The summed E-state index contributed by atoms with van der Waals surface area (Å²) in [4.78, 5) is 12.9. The normalized spacial score (nSPS) is 15.4. The van der Waals surface area contributed by atoms with Gasteiger partial charge in [-0.25, -0.2) is 8.42 Å². The second-order valence-electron chi connectivity index (χ2n) is 7.19. The number of carbonyl (C=O) groups excluding carboxylic acids is 1. The molecular weight excluding hydrogens is 456 g/mol. The van der Waals surface area contributed by atoms with Crippen LogP contribution in [0.2, 0.25) is 5.02 Å². The maximum absolute atomic E-state index is 13.1. The van der Waals surface area contributed by atoms with E-state index in [-0.39, 0.29) is 15.5 Å². The van der Waals surface area contributed by atoms with Crippen molar-refractivity contribution in [2.75, 3.05) is 18.4 Å². The molecule has 3 aromatic rings. The molecule has 1 amide bonds. The van der Waals surface area contributed by atoms with Gasteiger partial charge in [0.1, 0.15) is 5.01 Å². The summed E-state index contributed by atoms with van der Waals surface area (Å²) >= 11 is 7.44. The Balaban J connectivity index is 1.56. The average Bonchev–Trinajstić information content (AvgIpc) is 3.05. The second kappa shape index (κ2) is 9.44. The van der Waals surface area contributed by atoms with E-state index in [0.717, 1.165) is 31.2 Å². The lowest BCUT2D eigenvalue weighted by Gasteiger charge is -2.20. The molecule has 1 N–H and O–H groups in total. The second-order valence-corrected chi connectivity index (χ2v) is 10.5. The summed E-state index contributed by atoms with van der Waals surface area (Å²) in [5.74, 6) is -0.534. The molecule has 1 aliphatic rings. The van der Waals surface area contributed by atoms with Crippen LogP contribution in [0.4, 0.5) is 5.13 Å². The number of hydrogen-bond donors (Lipinski definition) is 1. The van der Waals surface area contributed by atoms with Crippen molar-refractivity contribution in [2.24, 2.45) is 0 Å². The fraction of sp³-hybridized carbons (Fsp3) is 0.286. The highest BCUT2D eigenvalue weighted by molar-refractivity contribution is 7.89. The maximum atomic E-state index is 13.1. The number of sulfonamides is 1. The molecule has 0 saturated carbocycles. The third-order valence-electron chi connectivity index (χ3n) is 5.05. The number of amides is 1. The van der Waals surface area contributed by atoms with Crippen LogP contribution in [0.25, 0.3) is 10.6 Å². The van der Waals surface area contributed by atoms with E-state index in [1.807, 2.05) is 30.3 Å². The van der Waals surface area contributed by atoms with E-state index in [2.05, 4.69) is 15.5 Å². The smallest absolute Gasteiger partial charge is 0.259 e. The molecule has 0 bridgehead atoms. The van der Waals surface area contributed by atoms with Crippen LogP contribution < -0.4 is 5.32 Å². The van der Waals surface area contributed by atoms with Gasteiger partial charge in [0.25, 0.3) is 5.91 Å². The molecule has 0 spiro atoms. The molecule has 0 unspecified atom stereocenters. The van der Waals surface area contributed by atoms with Gasteiger partial charge in [-0.15, -0.1) is 10.2 Å². The minimum Gasteiger partial charge on any atom is -0.296 e. The van der Waals surface area contributed by atoms with Crippen LogP contribution in [-0.4, -0.2) is 41.9 Å². The Labute approximate surface area is 190 Å². The van der Waals surface area contributed by atoms with E-state index in [1.165, 1.54) is 33.8 Å². The Bertz CT molecular complexity index is 1170. The monoisotopic (exact) mass is 476 g/mol. The lowest BCUT2D eigenvalue weighted by molar-refractivity contribution is 0.102. The van der Waals surface area contributed by atoms with Crippen molar-refractivity contribution >= 4 is 44.0 Å². The van der Waals surface area contributed by atoms with Gasteiger partial charge in [-0.1, -0.05) is 66.1 Å². The fourth-order valence-electron chi connectivity index (χ4n) is 3.41. The molecule has 0 atom stereocenters. The van der Waals surface area contributed by atoms with E-state index < -0.39 is 15.9 Å². The van der Waals surface area contributed by atoms with Gasteiger partial charge in [0.15, 0.2) is 0 Å². The van der Waals surface area contributed by atoms with Crippen molar-refractivity contribution in [3.63, 3.8) is 0 Å². The van der Waals surface area contributed by atoms with Gasteiger partial charge in [0.05, 0.1) is 15.5 Å². The largest absolute Gasteiger partial charge is 0.296 e. The average molecular weight is 477 g/mol. The van der Waals surface area contributed by atoms with Crippen LogP contribution >= 0.6 is 22.9 Å². The van der Waals surface area contributed by atoms with Crippen molar-refractivity contribution in [1.82, 2.24) is 14.5 Å². The van der Waals surface area contributed by atoms with Crippen molar-refractivity contribution in [1.29, 1.82) is 0 Å². The molecule has 1 fully saturated rings. The third kappa shape index (κ3) is 4.95. The van der Waals surface area contributed by atoms with Gasteiger partial charge in [0.2, 0.25) is 15.2 Å². The first kappa shape index (κ1) is 21.9. The zero-order valence-electron chi connectivity index (χ0n) is 16.6. The minimum atomic E-state index is -3.69. The van der Waals surface area contributed by atoms with Crippen molar-refractivity contribution < 1.29 is 13.2 Å². The number of hydrogen-bond acceptors (Lipinski definition) is 6. The first-order valence-corrected chi connectivity index (χ1v) is 12.6. The molecule has 1 aromatic heterocycles. The molecule has 162 valence electrons.